The van der Waals surface area contributed by atoms with Crippen molar-refractivity contribution in [2.24, 2.45) is 0 Å². The van der Waals surface area contributed by atoms with E-state index in [9.17, 15) is 10.1 Å². The highest BCUT2D eigenvalue weighted by Gasteiger charge is 2.10. The van der Waals surface area contributed by atoms with Crippen molar-refractivity contribution in [1.29, 1.82) is 0 Å². The number of nitro groups is 1. The standard InChI is InChI=1S/C12H15NO4S/c1-4-18-12-8-10(16-2)9(5-6-13(14)15)7-11(12)17-3/h5-8H,4H2,1-3H3/b6-5+/i2D3,3D3. The lowest BCUT2D eigenvalue weighted by Gasteiger charge is -2.11. The fourth-order valence-corrected chi connectivity index (χ4v) is 2.01. The van der Waals surface area contributed by atoms with Crippen molar-refractivity contribution >= 4 is 17.8 Å². The molecule has 0 unspecified atom stereocenters. The molecule has 18 heavy (non-hydrogen) atoms. The van der Waals surface area contributed by atoms with Gasteiger partial charge in [0.05, 0.1) is 32.1 Å². The molecule has 0 aliphatic heterocycles. The quantitative estimate of drug-likeness (QED) is 0.453. The number of benzene rings is 1. The lowest BCUT2D eigenvalue weighted by Crippen LogP contribution is -1.93. The van der Waals surface area contributed by atoms with E-state index in [4.69, 9.17) is 17.7 Å². The molecule has 0 bridgehead atoms. The Morgan fingerprint density at radius 1 is 1.44 bits per heavy atom. The molecule has 0 saturated carbocycles. The van der Waals surface area contributed by atoms with Crippen molar-refractivity contribution < 1.29 is 22.6 Å². The lowest BCUT2D eigenvalue weighted by atomic mass is 10.2. The van der Waals surface area contributed by atoms with E-state index in [0.717, 1.165) is 6.08 Å². The van der Waals surface area contributed by atoms with Gasteiger partial charge in [-0.3, -0.25) is 10.1 Å². The highest BCUT2D eigenvalue weighted by atomic mass is 32.2. The molecule has 0 spiro atoms. The fourth-order valence-electron chi connectivity index (χ4n) is 1.26. The largest absolute Gasteiger partial charge is 0.496 e. The van der Waals surface area contributed by atoms with Gasteiger partial charge in [-0.25, -0.2) is 0 Å². The summed E-state index contributed by atoms with van der Waals surface area (Å²) < 4.78 is 52.9. The summed E-state index contributed by atoms with van der Waals surface area (Å²) in [5.74, 6) is 0.388. The Hall–Kier alpha value is -1.69. The maximum Gasteiger partial charge on any atom is 0.235 e. The monoisotopic (exact) mass is 275 g/mol. The Labute approximate surface area is 118 Å². The molecule has 5 nitrogen and oxygen atoms in total. The Balaban J connectivity index is 3.44. The van der Waals surface area contributed by atoms with Gasteiger partial charge in [0.2, 0.25) is 6.20 Å². The van der Waals surface area contributed by atoms with E-state index in [2.05, 4.69) is 0 Å². The van der Waals surface area contributed by atoms with Crippen LogP contribution in [0, 0.1) is 10.1 Å². The van der Waals surface area contributed by atoms with Crippen LogP contribution in [0.2, 0.25) is 0 Å². The van der Waals surface area contributed by atoms with Gasteiger partial charge in [-0.2, -0.15) is 0 Å². The Kier molecular flexibility index (Phi) is 2.95. The molecule has 0 aliphatic rings. The van der Waals surface area contributed by atoms with Crippen LogP contribution in [-0.4, -0.2) is 24.8 Å². The lowest BCUT2D eigenvalue weighted by molar-refractivity contribution is -0.400. The smallest absolute Gasteiger partial charge is 0.235 e. The summed E-state index contributed by atoms with van der Waals surface area (Å²) in [4.78, 5) is 10.1. The zero-order valence-corrected chi connectivity index (χ0v) is 10.3. The molecular formula is C12H15NO4S. The minimum Gasteiger partial charge on any atom is -0.496 e. The molecule has 0 amide bonds. The number of ether oxygens (including phenoxy) is 2. The van der Waals surface area contributed by atoms with Crippen LogP contribution < -0.4 is 9.47 Å². The predicted octanol–water partition coefficient (Wildman–Crippen LogP) is 3.06. The minimum absolute atomic E-state index is 0.0162. The van der Waals surface area contributed by atoms with Crippen LogP contribution >= 0.6 is 11.8 Å². The Morgan fingerprint density at radius 3 is 2.78 bits per heavy atom. The highest BCUT2D eigenvalue weighted by Crippen LogP contribution is 2.36. The van der Waals surface area contributed by atoms with Gasteiger partial charge in [-0.15, -0.1) is 11.8 Å². The topological polar surface area (TPSA) is 61.6 Å². The predicted molar refractivity (Wildman–Crippen MR) is 72.0 cm³/mol. The van der Waals surface area contributed by atoms with E-state index < -0.39 is 19.0 Å². The molecule has 0 aliphatic carbocycles. The van der Waals surface area contributed by atoms with Crippen molar-refractivity contribution in [3.05, 3.63) is 34.0 Å². The molecule has 6 heteroatoms. The molecule has 0 aromatic heterocycles. The van der Waals surface area contributed by atoms with Gasteiger partial charge in [-0.1, -0.05) is 6.92 Å². The molecule has 1 rings (SSSR count). The van der Waals surface area contributed by atoms with E-state index in [1.54, 1.807) is 0 Å². The number of rotatable bonds is 6. The molecular weight excluding hydrogens is 254 g/mol. The summed E-state index contributed by atoms with van der Waals surface area (Å²) >= 11 is 1.22. The summed E-state index contributed by atoms with van der Waals surface area (Å²) in [6.07, 6.45) is 1.60. The first-order valence-electron chi connectivity index (χ1n) is 7.92. The van der Waals surface area contributed by atoms with E-state index in [1.807, 2.05) is 6.92 Å². The molecule has 0 saturated heterocycles. The molecule has 0 radical (unpaired) electrons. The van der Waals surface area contributed by atoms with Crippen LogP contribution in [-0.2, 0) is 0 Å². The summed E-state index contributed by atoms with van der Waals surface area (Å²) in [5.41, 5.74) is 0.0162. The maximum atomic E-state index is 10.5. The van der Waals surface area contributed by atoms with Gasteiger partial charge in [0.1, 0.15) is 11.5 Å². The van der Waals surface area contributed by atoms with Crippen molar-refractivity contribution in [1.82, 2.24) is 0 Å². The van der Waals surface area contributed by atoms with Crippen molar-refractivity contribution in [3.63, 3.8) is 0 Å². The first-order valence-corrected chi connectivity index (χ1v) is 5.90. The third-order valence-corrected chi connectivity index (χ3v) is 2.89. The van der Waals surface area contributed by atoms with Crippen LogP contribution in [0.15, 0.2) is 23.2 Å². The van der Waals surface area contributed by atoms with Crippen molar-refractivity contribution in [2.45, 2.75) is 11.8 Å². The second kappa shape index (κ2) is 6.90. The van der Waals surface area contributed by atoms with Crippen LogP contribution in [0.4, 0.5) is 0 Å². The average molecular weight is 275 g/mol. The minimum atomic E-state index is -2.77. The van der Waals surface area contributed by atoms with E-state index in [0.29, 0.717) is 16.8 Å². The Bertz CT molecular complexity index is 629. The SMILES string of the molecule is [2H]C([2H])([2H])Oc1cc(SCC)c(OC([2H])([2H])[2H])cc1/C=C/[N+](=O)[O-]. The second-order valence-corrected chi connectivity index (χ2v) is 4.38. The van der Waals surface area contributed by atoms with Gasteiger partial charge < -0.3 is 9.47 Å². The van der Waals surface area contributed by atoms with Gasteiger partial charge in [-0.05, 0) is 17.9 Å². The normalized spacial score (nSPS) is 16.9. The molecule has 0 heterocycles. The number of methoxy groups -OCH3 is 2. The molecule has 0 N–H and O–H groups in total. The summed E-state index contributed by atoms with van der Waals surface area (Å²) in [7, 11) is -5.49. The molecule has 1 aromatic rings. The van der Waals surface area contributed by atoms with Crippen molar-refractivity contribution in [3.8, 4) is 11.5 Å². The van der Waals surface area contributed by atoms with E-state index in [-0.39, 0.29) is 17.1 Å². The third kappa shape index (κ3) is 3.66. The average Bonchev–Trinajstić information content (AvgIpc) is 2.36. The molecule has 0 atom stereocenters. The second-order valence-electron chi connectivity index (χ2n) is 3.07. The van der Waals surface area contributed by atoms with Gasteiger partial charge in [0.25, 0.3) is 0 Å². The zero-order valence-electron chi connectivity index (χ0n) is 15.5. The summed E-state index contributed by atoms with van der Waals surface area (Å²) in [5, 5.41) is 10.5. The van der Waals surface area contributed by atoms with Gasteiger partial charge in [0, 0.05) is 11.6 Å². The fraction of sp³-hybridized carbons (Fsp3) is 0.333. The third-order valence-electron chi connectivity index (χ3n) is 1.97. The molecule has 1 aromatic carbocycles. The van der Waals surface area contributed by atoms with Crippen LogP contribution in [0.1, 0.15) is 20.7 Å². The molecule has 0 fully saturated rings. The zero-order chi connectivity index (χ0) is 18.5. The van der Waals surface area contributed by atoms with Crippen LogP contribution in [0.5, 0.6) is 11.5 Å². The summed E-state index contributed by atoms with van der Waals surface area (Å²) in [6, 6.07) is 2.49. The van der Waals surface area contributed by atoms with E-state index in [1.165, 1.54) is 23.9 Å². The van der Waals surface area contributed by atoms with E-state index >= 15 is 0 Å². The first kappa shape index (κ1) is 7.68. The van der Waals surface area contributed by atoms with Gasteiger partial charge in [0.15, 0.2) is 0 Å². The number of nitrogens with zero attached hydrogens (tertiary/aromatic N) is 1. The molecule has 98 valence electrons. The highest BCUT2D eigenvalue weighted by molar-refractivity contribution is 7.99. The maximum absolute atomic E-state index is 10.5. The van der Waals surface area contributed by atoms with Crippen LogP contribution in [0.3, 0.4) is 0 Å². The number of hydrogen-bond acceptors (Lipinski definition) is 5. The van der Waals surface area contributed by atoms with Crippen molar-refractivity contribution in [2.75, 3.05) is 19.8 Å². The van der Waals surface area contributed by atoms with Gasteiger partial charge >= 0.3 is 0 Å². The summed E-state index contributed by atoms with van der Waals surface area (Å²) in [6.45, 7) is 1.81. The number of thioether (sulfide) groups is 1. The number of hydrogen-bond donors (Lipinski definition) is 0. The Morgan fingerprint density at radius 2 is 2.17 bits per heavy atom. The van der Waals surface area contributed by atoms with Crippen LogP contribution in [0.25, 0.3) is 6.08 Å². The first-order chi connectivity index (χ1) is 10.9.